The molecule has 0 aliphatic rings. The maximum atomic E-state index is 13.9. The summed E-state index contributed by atoms with van der Waals surface area (Å²) in [6.45, 7) is 11.4. The Bertz CT molecular complexity index is 1030. The van der Waals surface area contributed by atoms with Gasteiger partial charge in [0.15, 0.2) is 0 Å². The molecular weight excluding hydrogens is 488 g/mol. The molecule has 0 heterocycles. The van der Waals surface area contributed by atoms with Gasteiger partial charge in [-0.1, -0.05) is 27.7 Å². The summed E-state index contributed by atoms with van der Waals surface area (Å²) in [5, 5.41) is 17.2. The van der Waals surface area contributed by atoms with Gasteiger partial charge < -0.3 is 20.6 Å². The van der Waals surface area contributed by atoms with Gasteiger partial charge in [-0.05, 0) is 80.5 Å². The lowest BCUT2D eigenvalue weighted by Crippen LogP contribution is -2.50. The number of aliphatic hydroxyl groups is 1. The Morgan fingerprint density at radius 1 is 0.895 bits per heavy atom. The van der Waals surface area contributed by atoms with Crippen LogP contribution in [0.4, 0.5) is 8.78 Å². The molecule has 0 aliphatic heterocycles. The van der Waals surface area contributed by atoms with Crippen molar-refractivity contribution >= 4 is 11.8 Å². The fourth-order valence-corrected chi connectivity index (χ4v) is 4.60. The van der Waals surface area contributed by atoms with E-state index in [1.807, 2.05) is 34.6 Å². The standard InChI is InChI=1S/C30H43F2N3O3/c1-6-10-35(11-7-2)30(38)23-13-20(5)12-22(17-23)29(37)34-27(28(36)19-33-26(8-3)9-4)16-21-14-24(31)18-25(32)15-21/h12-15,17-18,26-28,33,36H,6-11,16,19H2,1-5H3,(H,34,37)/t27-,28+/m0/s1. The minimum atomic E-state index is -1.01. The van der Waals surface area contributed by atoms with Crippen LogP contribution < -0.4 is 10.6 Å². The molecule has 2 amide bonds. The molecule has 0 saturated heterocycles. The van der Waals surface area contributed by atoms with Crippen LogP contribution in [0.2, 0.25) is 0 Å². The van der Waals surface area contributed by atoms with Crippen LogP contribution >= 0.6 is 0 Å². The highest BCUT2D eigenvalue weighted by atomic mass is 19.1. The summed E-state index contributed by atoms with van der Waals surface area (Å²) in [5.74, 6) is -2.04. The van der Waals surface area contributed by atoms with E-state index in [0.717, 1.165) is 37.3 Å². The highest BCUT2D eigenvalue weighted by Gasteiger charge is 2.25. The average Bonchev–Trinajstić information content (AvgIpc) is 2.87. The molecule has 2 aromatic rings. The fourth-order valence-electron chi connectivity index (χ4n) is 4.60. The summed E-state index contributed by atoms with van der Waals surface area (Å²) in [4.78, 5) is 28.3. The van der Waals surface area contributed by atoms with Crippen LogP contribution in [0, 0.1) is 18.6 Å². The molecule has 6 nitrogen and oxygen atoms in total. The molecule has 0 saturated carbocycles. The molecule has 2 rings (SSSR count). The third kappa shape index (κ3) is 9.48. The monoisotopic (exact) mass is 531 g/mol. The third-order valence-corrected chi connectivity index (χ3v) is 6.62. The predicted octanol–water partition coefficient (Wildman–Crippen LogP) is 5.02. The van der Waals surface area contributed by atoms with E-state index >= 15 is 0 Å². The lowest BCUT2D eigenvalue weighted by Gasteiger charge is -2.27. The smallest absolute Gasteiger partial charge is 0.253 e. The van der Waals surface area contributed by atoms with E-state index in [-0.39, 0.29) is 30.5 Å². The van der Waals surface area contributed by atoms with Crippen LogP contribution in [0.5, 0.6) is 0 Å². The highest BCUT2D eigenvalue weighted by Crippen LogP contribution is 2.16. The van der Waals surface area contributed by atoms with Crippen LogP contribution in [0.25, 0.3) is 0 Å². The number of aliphatic hydroxyl groups excluding tert-OH is 1. The van der Waals surface area contributed by atoms with E-state index in [9.17, 15) is 23.5 Å². The van der Waals surface area contributed by atoms with Gasteiger partial charge in [-0.15, -0.1) is 0 Å². The first-order chi connectivity index (χ1) is 18.1. The molecule has 0 aliphatic carbocycles. The molecule has 2 aromatic carbocycles. The first-order valence-corrected chi connectivity index (χ1v) is 13.7. The first kappa shape index (κ1) is 31.4. The summed E-state index contributed by atoms with van der Waals surface area (Å²) in [5.41, 5.74) is 1.80. The highest BCUT2D eigenvalue weighted by molar-refractivity contribution is 6.00. The van der Waals surface area contributed by atoms with Gasteiger partial charge in [0.05, 0.1) is 12.1 Å². The van der Waals surface area contributed by atoms with Crippen molar-refractivity contribution in [3.63, 3.8) is 0 Å². The lowest BCUT2D eigenvalue weighted by atomic mass is 9.99. The molecule has 0 spiro atoms. The number of halogens is 2. The number of benzene rings is 2. The summed E-state index contributed by atoms with van der Waals surface area (Å²) >= 11 is 0. The zero-order chi connectivity index (χ0) is 28.2. The molecule has 0 fully saturated rings. The Kier molecular flexibility index (Phi) is 12.8. The second kappa shape index (κ2) is 15.5. The second-order valence-corrected chi connectivity index (χ2v) is 9.93. The van der Waals surface area contributed by atoms with Crippen LogP contribution in [-0.2, 0) is 6.42 Å². The minimum Gasteiger partial charge on any atom is -0.390 e. The molecule has 0 bridgehead atoms. The summed E-state index contributed by atoms with van der Waals surface area (Å²) < 4.78 is 27.7. The first-order valence-electron chi connectivity index (χ1n) is 13.7. The van der Waals surface area contributed by atoms with Crippen LogP contribution in [-0.4, -0.2) is 59.6 Å². The van der Waals surface area contributed by atoms with E-state index < -0.39 is 29.7 Å². The Morgan fingerprint density at radius 2 is 1.47 bits per heavy atom. The maximum Gasteiger partial charge on any atom is 0.253 e. The van der Waals surface area contributed by atoms with Gasteiger partial charge in [0.25, 0.3) is 11.8 Å². The summed E-state index contributed by atoms with van der Waals surface area (Å²) in [7, 11) is 0. The fraction of sp³-hybridized carbons (Fsp3) is 0.533. The van der Waals surface area contributed by atoms with Crippen LogP contribution in [0.15, 0.2) is 36.4 Å². The van der Waals surface area contributed by atoms with Gasteiger partial charge in [-0.25, -0.2) is 8.78 Å². The van der Waals surface area contributed by atoms with Gasteiger partial charge in [0.1, 0.15) is 11.6 Å². The number of aryl methyl sites for hydroxylation is 1. The number of nitrogens with one attached hydrogen (secondary N) is 2. The number of rotatable bonds is 15. The van der Waals surface area contributed by atoms with Gasteiger partial charge >= 0.3 is 0 Å². The zero-order valence-corrected chi connectivity index (χ0v) is 23.3. The maximum absolute atomic E-state index is 13.9. The van der Waals surface area contributed by atoms with Crippen molar-refractivity contribution in [1.82, 2.24) is 15.5 Å². The predicted molar refractivity (Wildman–Crippen MR) is 147 cm³/mol. The summed E-state index contributed by atoms with van der Waals surface area (Å²) in [6, 6.07) is 7.58. The van der Waals surface area contributed by atoms with Gasteiger partial charge in [0.2, 0.25) is 0 Å². The molecule has 0 aromatic heterocycles. The Labute approximate surface area is 225 Å². The van der Waals surface area contributed by atoms with Crippen molar-refractivity contribution in [3.8, 4) is 0 Å². The number of carbonyl (C=O) groups excluding carboxylic acids is 2. The van der Waals surface area contributed by atoms with Crippen molar-refractivity contribution in [2.24, 2.45) is 0 Å². The molecule has 8 heteroatoms. The Balaban J connectivity index is 2.31. The van der Waals surface area contributed by atoms with E-state index in [1.54, 1.807) is 23.1 Å². The van der Waals surface area contributed by atoms with Crippen molar-refractivity contribution in [1.29, 1.82) is 0 Å². The van der Waals surface area contributed by atoms with Crippen molar-refractivity contribution in [3.05, 3.63) is 70.3 Å². The normalized spacial score (nSPS) is 12.9. The molecule has 2 atom stereocenters. The van der Waals surface area contributed by atoms with E-state index in [4.69, 9.17) is 0 Å². The Hall–Kier alpha value is -2.84. The lowest BCUT2D eigenvalue weighted by molar-refractivity contribution is 0.0755. The number of amides is 2. The Morgan fingerprint density at radius 3 is 2.03 bits per heavy atom. The minimum absolute atomic E-state index is 0.0323. The molecule has 0 radical (unpaired) electrons. The largest absolute Gasteiger partial charge is 0.390 e. The van der Waals surface area contributed by atoms with Crippen molar-refractivity contribution < 1.29 is 23.5 Å². The van der Waals surface area contributed by atoms with Crippen molar-refractivity contribution in [2.45, 2.75) is 84.9 Å². The number of carbonyl (C=O) groups is 2. The summed E-state index contributed by atoms with van der Waals surface area (Å²) in [6.07, 6.45) is 2.43. The molecule has 0 unspecified atom stereocenters. The third-order valence-electron chi connectivity index (χ3n) is 6.62. The van der Waals surface area contributed by atoms with Gasteiger partial charge in [-0.2, -0.15) is 0 Å². The van der Waals surface area contributed by atoms with Crippen LogP contribution in [0.1, 0.15) is 85.2 Å². The van der Waals surface area contributed by atoms with E-state index in [1.165, 1.54) is 12.1 Å². The molecule has 38 heavy (non-hydrogen) atoms. The SMILES string of the molecule is CCCN(CCC)C(=O)c1cc(C)cc(C(=O)N[C@@H](Cc2cc(F)cc(F)c2)[C@H](O)CNC(CC)CC)c1. The van der Waals surface area contributed by atoms with Gasteiger partial charge in [0, 0.05) is 42.9 Å². The molecule has 3 N–H and O–H groups in total. The zero-order valence-electron chi connectivity index (χ0n) is 23.3. The van der Waals surface area contributed by atoms with E-state index in [0.29, 0.717) is 24.2 Å². The number of nitrogens with zero attached hydrogens (tertiary/aromatic N) is 1. The molecule has 210 valence electrons. The average molecular weight is 532 g/mol. The molecular formula is C30H43F2N3O3. The second-order valence-electron chi connectivity index (χ2n) is 9.93. The number of hydrogen-bond acceptors (Lipinski definition) is 4. The van der Waals surface area contributed by atoms with Gasteiger partial charge in [-0.3, -0.25) is 9.59 Å². The van der Waals surface area contributed by atoms with Crippen molar-refractivity contribution in [2.75, 3.05) is 19.6 Å². The number of hydrogen-bond donors (Lipinski definition) is 3. The topological polar surface area (TPSA) is 81.7 Å². The van der Waals surface area contributed by atoms with Crippen LogP contribution in [0.3, 0.4) is 0 Å². The van der Waals surface area contributed by atoms with E-state index in [2.05, 4.69) is 10.6 Å². The quantitative estimate of drug-likeness (QED) is 0.302.